The number of para-hydroxylation sites is 1. The molecule has 0 fully saturated rings. The first-order valence-electron chi connectivity index (χ1n) is 6.49. The minimum atomic E-state index is 0.0706. The molecule has 2 aromatic rings. The monoisotopic (exact) mass is 306 g/mol. The molecular weight excluding hydrogens is 288 g/mol. The van der Waals surface area contributed by atoms with Gasteiger partial charge in [0.05, 0.1) is 10.7 Å². The van der Waals surface area contributed by atoms with Crippen LogP contribution in [0.3, 0.4) is 0 Å². The molecule has 20 heavy (non-hydrogen) atoms. The lowest BCUT2D eigenvalue weighted by molar-refractivity contribution is -0.115. The molecule has 0 radical (unpaired) electrons. The van der Waals surface area contributed by atoms with Gasteiger partial charge in [-0.3, -0.25) is 4.79 Å². The van der Waals surface area contributed by atoms with Gasteiger partial charge in [0, 0.05) is 29.0 Å². The summed E-state index contributed by atoms with van der Waals surface area (Å²) in [5.74, 6) is 1.76. The summed E-state index contributed by atoms with van der Waals surface area (Å²) < 4.78 is 0. The molecule has 0 saturated carbocycles. The molecule has 1 aromatic heterocycles. The average Bonchev–Trinajstić information content (AvgIpc) is 2.83. The predicted molar refractivity (Wildman–Crippen MR) is 87.4 cm³/mol. The van der Waals surface area contributed by atoms with Crippen LogP contribution in [0.1, 0.15) is 22.7 Å². The Hall–Kier alpha value is -1.33. The zero-order valence-electron chi connectivity index (χ0n) is 11.7. The van der Waals surface area contributed by atoms with E-state index in [9.17, 15) is 4.79 Å². The van der Waals surface area contributed by atoms with Gasteiger partial charge in [-0.25, -0.2) is 4.98 Å². The maximum absolute atomic E-state index is 11.8. The third-order valence-corrected chi connectivity index (χ3v) is 4.62. The smallest absolute Gasteiger partial charge is 0.225 e. The molecule has 1 aromatic carbocycles. The Morgan fingerprint density at radius 1 is 1.35 bits per heavy atom. The number of aromatic nitrogens is 1. The van der Waals surface area contributed by atoms with Crippen molar-refractivity contribution in [1.29, 1.82) is 0 Å². The van der Waals surface area contributed by atoms with E-state index in [1.807, 2.05) is 38.1 Å². The number of hydrogen-bond acceptors (Lipinski definition) is 4. The number of amides is 1. The molecule has 0 aliphatic heterocycles. The van der Waals surface area contributed by atoms with E-state index in [0.29, 0.717) is 6.42 Å². The molecule has 0 unspecified atom stereocenters. The second kappa shape index (κ2) is 7.45. The summed E-state index contributed by atoms with van der Waals surface area (Å²) in [5, 5.41) is 6.12. The van der Waals surface area contributed by atoms with E-state index in [4.69, 9.17) is 0 Å². The van der Waals surface area contributed by atoms with E-state index in [0.717, 1.165) is 33.5 Å². The van der Waals surface area contributed by atoms with Crippen molar-refractivity contribution in [1.82, 2.24) is 4.98 Å². The summed E-state index contributed by atoms with van der Waals surface area (Å²) in [6.07, 6.45) is 0.530. The molecule has 1 amide bonds. The zero-order valence-corrected chi connectivity index (χ0v) is 13.3. The molecule has 0 bridgehead atoms. The quantitative estimate of drug-likeness (QED) is 0.820. The second-order valence-corrected chi connectivity index (χ2v) is 6.69. The highest BCUT2D eigenvalue weighted by molar-refractivity contribution is 7.98. The Labute approximate surface area is 127 Å². The molecule has 2 rings (SSSR count). The summed E-state index contributed by atoms with van der Waals surface area (Å²) >= 11 is 3.41. The van der Waals surface area contributed by atoms with Crippen molar-refractivity contribution in [3.63, 3.8) is 0 Å². The number of nitrogens with zero attached hydrogens (tertiary/aromatic N) is 1. The van der Waals surface area contributed by atoms with Crippen LogP contribution in [0.15, 0.2) is 29.6 Å². The topological polar surface area (TPSA) is 42.0 Å². The Morgan fingerprint density at radius 2 is 2.15 bits per heavy atom. The van der Waals surface area contributed by atoms with Crippen LogP contribution in [0.2, 0.25) is 0 Å². The average molecular weight is 306 g/mol. The Morgan fingerprint density at radius 3 is 2.85 bits per heavy atom. The van der Waals surface area contributed by atoms with E-state index in [1.165, 1.54) is 0 Å². The van der Waals surface area contributed by atoms with Gasteiger partial charge in [-0.1, -0.05) is 18.2 Å². The summed E-state index contributed by atoms with van der Waals surface area (Å²) in [6, 6.07) is 7.83. The first kappa shape index (κ1) is 15.1. The van der Waals surface area contributed by atoms with E-state index in [2.05, 4.69) is 15.7 Å². The molecule has 0 aliphatic carbocycles. The lowest BCUT2D eigenvalue weighted by Crippen LogP contribution is -2.13. The molecule has 1 N–H and O–H groups in total. The number of hydrogen-bond donors (Lipinski definition) is 1. The number of aryl methyl sites for hydroxylation is 2. The maximum atomic E-state index is 11.8. The van der Waals surface area contributed by atoms with Gasteiger partial charge >= 0.3 is 0 Å². The third kappa shape index (κ3) is 4.65. The number of nitrogens with one attached hydrogen (secondary N) is 1. The molecule has 0 spiro atoms. The van der Waals surface area contributed by atoms with Gasteiger partial charge in [0.2, 0.25) is 5.91 Å². The summed E-state index contributed by atoms with van der Waals surface area (Å²) in [4.78, 5) is 16.2. The van der Waals surface area contributed by atoms with Gasteiger partial charge in [0.15, 0.2) is 0 Å². The van der Waals surface area contributed by atoms with Gasteiger partial charge < -0.3 is 5.32 Å². The normalized spacial score (nSPS) is 10.5. The van der Waals surface area contributed by atoms with Crippen LogP contribution < -0.4 is 5.32 Å². The first-order valence-corrected chi connectivity index (χ1v) is 8.53. The standard InChI is InChI=1S/C15H18N2OS2/c1-11-5-3-4-6-14(11)17-15(18)7-8-19-9-13-10-20-12(2)16-13/h3-6,10H,7-9H2,1-2H3,(H,17,18). The van der Waals surface area contributed by atoms with Crippen LogP contribution in [0.5, 0.6) is 0 Å². The number of anilines is 1. The van der Waals surface area contributed by atoms with Crippen LogP contribution >= 0.6 is 23.1 Å². The van der Waals surface area contributed by atoms with Gasteiger partial charge in [-0.05, 0) is 25.5 Å². The van der Waals surface area contributed by atoms with Gasteiger partial charge in [-0.2, -0.15) is 11.8 Å². The van der Waals surface area contributed by atoms with Crippen molar-refractivity contribution in [3.05, 3.63) is 45.9 Å². The van der Waals surface area contributed by atoms with Crippen molar-refractivity contribution < 1.29 is 4.79 Å². The Kier molecular flexibility index (Phi) is 5.61. The SMILES string of the molecule is Cc1nc(CSCCC(=O)Nc2ccccc2C)cs1. The molecule has 5 heteroatoms. The highest BCUT2D eigenvalue weighted by Gasteiger charge is 2.05. The number of carbonyl (C=O) groups excluding carboxylic acids is 1. The van der Waals surface area contributed by atoms with Crippen LogP contribution in [0.25, 0.3) is 0 Å². The highest BCUT2D eigenvalue weighted by Crippen LogP contribution is 2.17. The summed E-state index contributed by atoms with van der Waals surface area (Å²) in [6.45, 7) is 4.00. The van der Waals surface area contributed by atoms with E-state index in [-0.39, 0.29) is 5.91 Å². The van der Waals surface area contributed by atoms with Crippen molar-refractivity contribution in [2.75, 3.05) is 11.1 Å². The van der Waals surface area contributed by atoms with Crippen molar-refractivity contribution in [3.8, 4) is 0 Å². The van der Waals surface area contributed by atoms with Crippen LogP contribution in [-0.2, 0) is 10.5 Å². The van der Waals surface area contributed by atoms with Gasteiger partial charge in [-0.15, -0.1) is 11.3 Å². The van der Waals surface area contributed by atoms with Crippen LogP contribution in [0, 0.1) is 13.8 Å². The van der Waals surface area contributed by atoms with Gasteiger partial charge in [0.25, 0.3) is 0 Å². The first-order chi connectivity index (χ1) is 9.65. The summed E-state index contributed by atoms with van der Waals surface area (Å²) in [7, 11) is 0. The molecule has 0 saturated heterocycles. The molecule has 3 nitrogen and oxygen atoms in total. The second-order valence-electron chi connectivity index (χ2n) is 4.52. The van der Waals surface area contributed by atoms with E-state index in [1.54, 1.807) is 23.1 Å². The molecule has 0 atom stereocenters. The van der Waals surface area contributed by atoms with E-state index >= 15 is 0 Å². The Balaban J connectivity index is 1.69. The van der Waals surface area contributed by atoms with Gasteiger partial charge in [0.1, 0.15) is 0 Å². The van der Waals surface area contributed by atoms with Crippen molar-refractivity contribution in [2.24, 2.45) is 0 Å². The number of thioether (sulfide) groups is 1. The number of rotatable bonds is 6. The minimum Gasteiger partial charge on any atom is -0.326 e. The highest BCUT2D eigenvalue weighted by atomic mass is 32.2. The predicted octanol–water partition coefficient (Wildman–Crippen LogP) is 4.02. The maximum Gasteiger partial charge on any atom is 0.225 e. The summed E-state index contributed by atoms with van der Waals surface area (Å²) in [5.41, 5.74) is 3.10. The number of carbonyl (C=O) groups is 1. The number of thiazole rings is 1. The lowest BCUT2D eigenvalue weighted by atomic mass is 10.2. The molecule has 1 heterocycles. The van der Waals surface area contributed by atoms with Crippen LogP contribution in [-0.4, -0.2) is 16.6 Å². The molecule has 0 aliphatic rings. The minimum absolute atomic E-state index is 0.0706. The Bertz CT molecular complexity index is 581. The van der Waals surface area contributed by atoms with Crippen LogP contribution in [0.4, 0.5) is 5.69 Å². The van der Waals surface area contributed by atoms with Crippen molar-refractivity contribution >= 4 is 34.7 Å². The molecular formula is C15H18N2OS2. The molecule has 106 valence electrons. The third-order valence-electron chi connectivity index (χ3n) is 2.81. The zero-order chi connectivity index (χ0) is 14.4. The van der Waals surface area contributed by atoms with E-state index < -0.39 is 0 Å². The van der Waals surface area contributed by atoms with Crippen molar-refractivity contribution in [2.45, 2.75) is 26.0 Å². The largest absolute Gasteiger partial charge is 0.326 e. The fourth-order valence-corrected chi connectivity index (χ4v) is 3.29. The fourth-order valence-electron chi connectivity index (χ4n) is 1.74. The fraction of sp³-hybridized carbons (Fsp3) is 0.333. The number of benzene rings is 1. The lowest BCUT2D eigenvalue weighted by Gasteiger charge is -2.07.